The molecule has 164 valence electrons. The first-order valence-corrected chi connectivity index (χ1v) is 10.6. The molecule has 2 aromatic heterocycles. The van der Waals surface area contributed by atoms with Crippen LogP contribution in [0.5, 0.6) is 0 Å². The third-order valence-electron chi connectivity index (χ3n) is 6.34. The Morgan fingerprint density at radius 1 is 1.20 bits per heavy atom. The van der Waals surface area contributed by atoms with Crippen LogP contribution in [0.4, 0.5) is 5.82 Å². The first-order valence-electron chi connectivity index (χ1n) is 10.6. The van der Waals surface area contributed by atoms with Crippen molar-refractivity contribution in [1.29, 1.82) is 0 Å². The van der Waals surface area contributed by atoms with Crippen molar-refractivity contribution in [3.8, 4) is 0 Å². The third kappa shape index (κ3) is 3.36. The SMILES string of the molecule is C[C@@H]1CC[C@@H](Nc2ncnc3c2ncn3[C@@H]2O[C@H](CO)C3OC(C)(C)OC32)[C@H](O)C1. The van der Waals surface area contributed by atoms with E-state index in [9.17, 15) is 10.2 Å². The van der Waals surface area contributed by atoms with Crippen molar-refractivity contribution >= 4 is 17.0 Å². The van der Waals surface area contributed by atoms with Crippen molar-refractivity contribution in [1.82, 2.24) is 19.5 Å². The van der Waals surface area contributed by atoms with Crippen molar-refractivity contribution < 1.29 is 24.4 Å². The quantitative estimate of drug-likeness (QED) is 0.670. The molecule has 10 heteroatoms. The minimum Gasteiger partial charge on any atom is -0.394 e. The lowest BCUT2D eigenvalue weighted by Crippen LogP contribution is -2.39. The number of fused-ring (bicyclic) bond motifs is 2. The zero-order valence-corrected chi connectivity index (χ0v) is 17.4. The van der Waals surface area contributed by atoms with Crippen LogP contribution in [0.2, 0.25) is 0 Å². The van der Waals surface area contributed by atoms with E-state index in [0.717, 1.165) is 19.3 Å². The summed E-state index contributed by atoms with van der Waals surface area (Å²) in [6, 6.07) is -0.0669. The molecule has 2 aromatic rings. The van der Waals surface area contributed by atoms with Gasteiger partial charge in [-0.1, -0.05) is 6.92 Å². The van der Waals surface area contributed by atoms with Crippen LogP contribution < -0.4 is 5.32 Å². The van der Waals surface area contributed by atoms with Crippen LogP contribution in [0.25, 0.3) is 11.2 Å². The lowest BCUT2D eigenvalue weighted by atomic mass is 9.85. The van der Waals surface area contributed by atoms with Gasteiger partial charge in [0.25, 0.3) is 0 Å². The van der Waals surface area contributed by atoms with E-state index in [1.807, 2.05) is 13.8 Å². The van der Waals surface area contributed by atoms with Crippen LogP contribution >= 0.6 is 0 Å². The number of aliphatic hydroxyl groups is 2. The predicted molar refractivity (Wildman–Crippen MR) is 107 cm³/mol. The van der Waals surface area contributed by atoms with Crippen LogP contribution in [0.15, 0.2) is 12.7 Å². The summed E-state index contributed by atoms with van der Waals surface area (Å²) in [6.07, 6.45) is 3.65. The molecule has 0 amide bonds. The van der Waals surface area contributed by atoms with E-state index < -0.39 is 24.2 Å². The van der Waals surface area contributed by atoms with Gasteiger partial charge in [0.1, 0.15) is 24.6 Å². The molecule has 2 aliphatic heterocycles. The van der Waals surface area contributed by atoms with Gasteiger partial charge in [-0.2, -0.15) is 0 Å². The summed E-state index contributed by atoms with van der Waals surface area (Å²) in [5.41, 5.74) is 1.20. The van der Waals surface area contributed by atoms with Crippen molar-refractivity contribution in [3.63, 3.8) is 0 Å². The maximum absolute atomic E-state index is 10.5. The standard InChI is InChI=1S/C20H29N5O5/c1-10-4-5-11(12(27)6-10)24-17-14-18(22-8-21-17)25(9-23-14)19-16-15(13(7-26)28-19)29-20(2,3)30-16/h8-13,15-16,19,26-27H,4-7H2,1-3H3,(H,21,22,24)/t10-,11-,12-,13-,15?,16?,19-/m1/s1. The molecule has 0 radical (unpaired) electrons. The number of hydrogen-bond acceptors (Lipinski definition) is 9. The largest absolute Gasteiger partial charge is 0.394 e. The maximum atomic E-state index is 10.5. The van der Waals surface area contributed by atoms with Gasteiger partial charge in [-0.25, -0.2) is 15.0 Å². The van der Waals surface area contributed by atoms with E-state index in [1.54, 1.807) is 10.9 Å². The lowest BCUT2D eigenvalue weighted by molar-refractivity contribution is -0.199. The number of ether oxygens (including phenoxy) is 3. The molecule has 2 saturated heterocycles. The molecule has 10 nitrogen and oxygen atoms in total. The van der Waals surface area contributed by atoms with Gasteiger partial charge < -0.3 is 29.7 Å². The summed E-state index contributed by atoms with van der Waals surface area (Å²) >= 11 is 0. The molecule has 1 aliphatic carbocycles. The number of aromatic nitrogens is 4. The van der Waals surface area contributed by atoms with Crippen LogP contribution in [0.1, 0.15) is 46.3 Å². The van der Waals surface area contributed by atoms with Crippen LogP contribution in [0.3, 0.4) is 0 Å². The van der Waals surface area contributed by atoms with Gasteiger partial charge in [0.2, 0.25) is 0 Å². The molecule has 1 saturated carbocycles. The summed E-state index contributed by atoms with van der Waals surface area (Å²) in [7, 11) is 0. The Kier molecular flexibility index (Phi) is 4.94. The van der Waals surface area contributed by atoms with Gasteiger partial charge in [-0.15, -0.1) is 0 Å². The molecule has 0 aromatic carbocycles. The first-order chi connectivity index (χ1) is 14.4. The molecule has 5 rings (SSSR count). The Morgan fingerprint density at radius 2 is 2.00 bits per heavy atom. The Balaban J connectivity index is 1.44. The average Bonchev–Trinajstić information content (AvgIpc) is 3.35. The fourth-order valence-electron chi connectivity index (χ4n) is 4.87. The maximum Gasteiger partial charge on any atom is 0.167 e. The second kappa shape index (κ2) is 7.38. The third-order valence-corrected chi connectivity index (χ3v) is 6.34. The smallest absolute Gasteiger partial charge is 0.167 e. The molecular weight excluding hydrogens is 390 g/mol. The Hall–Kier alpha value is -1.85. The number of anilines is 1. The molecule has 30 heavy (non-hydrogen) atoms. The van der Waals surface area contributed by atoms with Gasteiger partial charge in [-0.05, 0) is 39.0 Å². The molecule has 3 fully saturated rings. The van der Waals surface area contributed by atoms with E-state index >= 15 is 0 Å². The number of hydrogen-bond donors (Lipinski definition) is 3. The van der Waals surface area contributed by atoms with Gasteiger partial charge in [0, 0.05) is 0 Å². The minimum absolute atomic E-state index is 0.0669. The van der Waals surface area contributed by atoms with Gasteiger partial charge in [0.15, 0.2) is 29.0 Å². The molecular formula is C20H29N5O5. The first kappa shape index (κ1) is 20.1. The topological polar surface area (TPSA) is 124 Å². The van der Waals surface area contributed by atoms with Crippen LogP contribution in [-0.2, 0) is 14.2 Å². The molecule has 0 spiro atoms. The summed E-state index contributed by atoms with van der Waals surface area (Å²) in [4.78, 5) is 13.3. The van der Waals surface area contributed by atoms with E-state index in [4.69, 9.17) is 14.2 Å². The van der Waals surface area contributed by atoms with E-state index in [1.165, 1.54) is 6.33 Å². The second-order valence-electron chi connectivity index (χ2n) is 9.10. The van der Waals surface area contributed by atoms with Crippen molar-refractivity contribution in [2.24, 2.45) is 5.92 Å². The Labute approximate surface area is 174 Å². The average molecular weight is 419 g/mol. The summed E-state index contributed by atoms with van der Waals surface area (Å²) in [5, 5.41) is 23.6. The van der Waals surface area contributed by atoms with Crippen LogP contribution in [-0.4, -0.2) is 72.6 Å². The predicted octanol–water partition coefficient (Wildman–Crippen LogP) is 1.20. The number of rotatable bonds is 4. The number of aliphatic hydroxyl groups excluding tert-OH is 2. The highest BCUT2D eigenvalue weighted by molar-refractivity contribution is 5.82. The Bertz CT molecular complexity index is 920. The summed E-state index contributed by atoms with van der Waals surface area (Å²) < 4.78 is 19.9. The molecule has 0 bridgehead atoms. The second-order valence-corrected chi connectivity index (χ2v) is 9.10. The van der Waals surface area contributed by atoms with E-state index in [0.29, 0.717) is 22.9 Å². The Morgan fingerprint density at radius 3 is 2.77 bits per heavy atom. The summed E-state index contributed by atoms with van der Waals surface area (Å²) in [5.74, 6) is 0.360. The van der Waals surface area contributed by atoms with Crippen molar-refractivity contribution in [2.75, 3.05) is 11.9 Å². The van der Waals surface area contributed by atoms with Crippen molar-refractivity contribution in [2.45, 2.75) is 82.5 Å². The zero-order valence-electron chi connectivity index (χ0n) is 17.4. The monoisotopic (exact) mass is 419 g/mol. The van der Waals surface area contributed by atoms with E-state index in [2.05, 4.69) is 27.2 Å². The van der Waals surface area contributed by atoms with Gasteiger partial charge in [-0.3, -0.25) is 4.57 Å². The zero-order chi connectivity index (χ0) is 21.0. The highest BCUT2D eigenvalue weighted by atomic mass is 16.8. The van der Waals surface area contributed by atoms with Crippen molar-refractivity contribution in [3.05, 3.63) is 12.7 Å². The molecule has 7 atom stereocenters. The van der Waals surface area contributed by atoms with E-state index in [-0.39, 0.29) is 24.9 Å². The highest BCUT2D eigenvalue weighted by Gasteiger charge is 2.56. The molecule has 3 aliphatic rings. The number of nitrogens with one attached hydrogen (secondary N) is 1. The fourth-order valence-corrected chi connectivity index (χ4v) is 4.87. The number of nitrogens with zero attached hydrogens (tertiary/aromatic N) is 4. The highest BCUT2D eigenvalue weighted by Crippen LogP contribution is 2.43. The molecule has 4 heterocycles. The summed E-state index contributed by atoms with van der Waals surface area (Å²) in [6.45, 7) is 5.70. The fraction of sp³-hybridized carbons (Fsp3) is 0.750. The lowest BCUT2D eigenvalue weighted by Gasteiger charge is -2.32. The molecule has 2 unspecified atom stereocenters. The van der Waals surface area contributed by atoms with Gasteiger partial charge in [0.05, 0.1) is 25.1 Å². The number of imidazole rings is 1. The minimum atomic E-state index is -0.753. The van der Waals surface area contributed by atoms with Gasteiger partial charge >= 0.3 is 0 Å². The normalized spacial score (nSPS) is 38.1. The van der Waals surface area contributed by atoms with Crippen LogP contribution in [0, 0.1) is 5.92 Å². The molecule has 3 N–H and O–H groups in total.